The molecule has 2 aromatic carbocycles. The normalized spacial score (nSPS) is 15.3. The lowest BCUT2D eigenvalue weighted by atomic mass is 10.1. The summed E-state index contributed by atoms with van der Waals surface area (Å²) in [6, 6.07) is 12.2. The summed E-state index contributed by atoms with van der Waals surface area (Å²) in [4.78, 5) is 49.8. The Balaban J connectivity index is 1.76. The summed E-state index contributed by atoms with van der Waals surface area (Å²) >= 11 is 3.30. The molecule has 0 bridgehead atoms. The zero-order valence-corrected chi connectivity index (χ0v) is 18.3. The number of amides is 4. The van der Waals surface area contributed by atoms with Crippen molar-refractivity contribution in [2.24, 2.45) is 0 Å². The molecule has 8 nitrogen and oxygen atoms in total. The number of benzene rings is 2. The van der Waals surface area contributed by atoms with E-state index in [-0.39, 0.29) is 18.3 Å². The van der Waals surface area contributed by atoms with E-state index in [4.69, 9.17) is 9.47 Å². The number of urea groups is 1. The molecule has 3 rings (SSSR count). The number of nitrogens with zero attached hydrogens (tertiary/aromatic N) is 1. The molecule has 1 fully saturated rings. The number of anilines is 1. The Morgan fingerprint density at radius 3 is 2.32 bits per heavy atom. The molecular formula is C22H19BrN2O6. The van der Waals surface area contributed by atoms with Gasteiger partial charge in [-0.1, -0.05) is 28.1 Å². The number of rotatable bonds is 6. The maximum Gasteiger partial charge on any atom is 0.344 e. The van der Waals surface area contributed by atoms with Crippen LogP contribution in [0.3, 0.4) is 0 Å². The number of halogens is 1. The zero-order chi connectivity index (χ0) is 22.5. The highest BCUT2D eigenvalue weighted by Crippen LogP contribution is 2.24. The van der Waals surface area contributed by atoms with Crippen molar-refractivity contribution in [3.8, 4) is 5.75 Å². The number of carbonyl (C=O) groups is 4. The Kier molecular flexibility index (Phi) is 6.86. The van der Waals surface area contributed by atoms with E-state index in [9.17, 15) is 19.2 Å². The van der Waals surface area contributed by atoms with Crippen LogP contribution in [0.25, 0.3) is 6.08 Å². The molecule has 9 heteroatoms. The average Bonchev–Trinajstić information content (AvgIpc) is 2.71. The van der Waals surface area contributed by atoms with Crippen molar-refractivity contribution >= 4 is 51.5 Å². The molecule has 1 saturated heterocycles. The molecule has 31 heavy (non-hydrogen) atoms. The van der Waals surface area contributed by atoms with Crippen molar-refractivity contribution in [1.82, 2.24) is 5.32 Å². The summed E-state index contributed by atoms with van der Waals surface area (Å²) in [6.07, 6.45) is 1.15. The predicted octanol–water partition coefficient (Wildman–Crippen LogP) is 3.45. The van der Waals surface area contributed by atoms with Crippen molar-refractivity contribution < 1.29 is 28.7 Å². The Labute approximate surface area is 186 Å². The summed E-state index contributed by atoms with van der Waals surface area (Å²) in [5.74, 6) is -1.56. The largest absolute Gasteiger partial charge is 0.482 e. The summed E-state index contributed by atoms with van der Waals surface area (Å²) in [7, 11) is 0. The standard InChI is InChI=1S/C22H19BrN2O6/c1-13(2)31-19(26)12-30-17-9-3-14(4-10-17)11-18-20(27)24-22(29)25(21(18)28)16-7-5-15(23)6-8-16/h3-11,13H,12H2,1-2H3,(H,24,27,29)/b18-11+. The van der Waals surface area contributed by atoms with Crippen LogP contribution in [0.4, 0.5) is 10.5 Å². The van der Waals surface area contributed by atoms with Crippen molar-refractivity contribution in [2.75, 3.05) is 11.5 Å². The third kappa shape index (κ3) is 5.58. The molecule has 2 aromatic rings. The average molecular weight is 487 g/mol. The molecule has 0 saturated carbocycles. The first-order valence-electron chi connectivity index (χ1n) is 9.34. The van der Waals surface area contributed by atoms with E-state index in [0.29, 0.717) is 17.0 Å². The second kappa shape index (κ2) is 9.57. The number of carbonyl (C=O) groups excluding carboxylic acids is 4. The quantitative estimate of drug-likeness (QED) is 0.381. The van der Waals surface area contributed by atoms with Gasteiger partial charge in [0.25, 0.3) is 11.8 Å². The number of imide groups is 2. The van der Waals surface area contributed by atoms with Gasteiger partial charge in [0.2, 0.25) is 0 Å². The highest BCUT2D eigenvalue weighted by atomic mass is 79.9. The molecule has 0 radical (unpaired) electrons. The van der Waals surface area contributed by atoms with Gasteiger partial charge in [-0.3, -0.25) is 14.9 Å². The van der Waals surface area contributed by atoms with E-state index in [1.807, 2.05) is 0 Å². The lowest BCUT2D eigenvalue weighted by Gasteiger charge is -2.26. The zero-order valence-electron chi connectivity index (χ0n) is 16.8. The lowest BCUT2D eigenvalue weighted by molar-refractivity contribution is -0.149. The van der Waals surface area contributed by atoms with E-state index in [0.717, 1.165) is 9.37 Å². The Morgan fingerprint density at radius 1 is 1.06 bits per heavy atom. The third-order valence-electron chi connectivity index (χ3n) is 4.10. The van der Waals surface area contributed by atoms with Gasteiger partial charge in [-0.25, -0.2) is 14.5 Å². The van der Waals surface area contributed by atoms with Crippen LogP contribution in [0.1, 0.15) is 19.4 Å². The van der Waals surface area contributed by atoms with E-state index in [2.05, 4.69) is 21.2 Å². The number of hydrogen-bond donors (Lipinski definition) is 1. The number of nitrogens with one attached hydrogen (secondary N) is 1. The number of hydrogen-bond acceptors (Lipinski definition) is 6. The van der Waals surface area contributed by atoms with Gasteiger partial charge in [-0.2, -0.15) is 0 Å². The minimum absolute atomic E-state index is 0.184. The van der Waals surface area contributed by atoms with Crippen LogP contribution in [0, 0.1) is 0 Å². The van der Waals surface area contributed by atoms with Crippen molar-refractivity contribution in [3.63, 3.8) is 0 Å². The van der Waals surface area contributed by atoms with Crippen LogP contribution in [0.5, 0.6) is 5.75 Å². The van der Waals surface area contributed by atoms with Gasteiger partial charge in [-0.15, -0.1) is 0 Å². The molecule has 0 unspecified atom stereocenters. The molecule has 160 valence electrons. The first kappa shape index (κ1) is 22.2. The van der Waals surface area contributed by atoms with Gasteiger partial charge in [0, 0.05) is 4.47 Å². The van der Waals surface area contributed by atoms with Crippen LogP contribution in [-0.4, -0.2) is 36.5 Å². The van der Waals surface area contributed by atoms with Crippen LogP contribution >= 0.6 is 15.9 Å². The molecule has 0 aromatic heterocycles. The van der Waals surface area contributed by atoms with Crippen LogP contribution in [-0.2, 0) is 19.1 Å². The highest BCUT2D eigenvalue weighted by molar-refractivity contribution is 9.10. The minimum atomic E-state index is -0.813. The van der Waals surface area contributed by atoms with Crippen molar-refractivity contribution in [3.05, 3.63) is 64.1 Å². The summed E-state index contributed by atoms with van der Waals surface area (Å²) in [5.41, 5.74) is 0.693. The second-order valence-corrected chi connectivity index (χ2v) is 7.75. The fourth-order valence-corrected chi connectivity index (χ4v) is 3.01. The Morgan fingerprint density at radius 2 is 1.71 bits per heavy atom. The SMILES string of the molecule is CC(C)OC(=O)COc1ccc(/C=C2\C(=O)NC(=O)N(c3ccc(Br)cc3)C2=O)cc1. The minimum Gasteiger partial charge on any atom is -0.482 e. The molecule has 1 heterocycles. The Bertz CT molecular complexity index is 1040. The predicted molar refractivity (Wildman–Crippen MR) is 116 cm³/mol. The number of esters is 1. The molecule has 1 N–H and O–H groups in total. The molecule has 0 aliphatic carbocycles. The van der Waals surface area contributed by atoms with Crippen LogP contribution < -0.4 is 15.0 Å². The molecule has 0 atom stereocenters. The molecular weight excluding hydrogens is 468 g/mol. The fourth-order valence-electron chi connectivity index (χ4n) is 2.75. The van der Waals surface area contributed by atoms with Gasteiger partial charge in [0.15, 0.2) is 6.61 Å². The van der Waals surface area contributed by atoms with E-state index < -0.39 is 23.8 Å². The molecule has 1 aliphatic heterocycles. The van der Waals surface area contributed by atoms with Gasteiger partial charge in [0.05, 0.1) is 11.8 Å². The second-order valence-electron chi connectivity index (χ2n) is 6.83. The topological polar surface area (TPSA) is 102 Å². The van der Waals surface area contributed by atoms with Gasteiger partial charge in [0.1, 0.15) is 11.3 Å². The maximum absolute atomic E-state index is 12.9. The number of barbiturate groups is 1. The monoisotopic (exact) mass is 486 g/mol. The smallest absolute Gasteiger partial charge is 0.344 e. The fraction of sp³-hybridized carbons (Fsp3) is 0.182. The molecule has 4 amide bonds. The van der Waals surface area contributed by atoms with Gasteiger partial charge in [-0.05, 0) is 61.9 Å². The first-order chi connectivity index (χ1) is 14.7. The van der Waals surface area contributed by atoms with E-state index >= 15 is 0 Å². The van der Waals surface area contributed by atoms with Crippen molar-refractivity contribution in [1.29, 1.82) is 0 Å². The molecule has 0 spiro atoms. The third-order valence-corrected chi connectivity index (χ3v) is 4.63. The first-order valence-corrected chi connectivity index (χ1v) is 10.1. The van der Waals surface area contributed by atoms with Gasteiger partial charge >= 0.3 is 12.0 Å². The lowest BCUT2D eigenvalue weighted by Crippen LogP contribution is -2.54. The summed E-state index contributed by atoms with van der Waals surface area (Å²) in [5, 5.41) is 2.17. The van der Waals surface area contributed by atoms with Crippen molar-refractivity contribution in [2.45, 2.75) is 20.0 Å². The van der Waals surface area contributed by atoms with Crippen LogP contribution in [0.15, 0.2) is 58.6 Å². The summed E-state index contributed by atoms with van der Waals surface area (Å²) < 4.78 is 11.1. The van der Waals surface area contributed by atoms with E-state index in [1.165, 1.54) is 6.08 Å². The summed E-state index contributed by atoms with van der Waals surface area (Å²) in [6.45, 7) is 3.26. The number of ether oxygens (including phenoxy) is 2. The van der Waals surface area contributed by atoms with Gasteiger partial charge < -0.3 is 9.47 Å². The highest BCUT2D eigenvalue weighted by Gasteiger charge is 2.36. The van der Waals surface area contributed by atoms with E-state index in [1.54, 1.807) is 62.4 Å². The van der Waals surface area contributed by atoms with Crippen LogP contribution in [0.2, 0.25) is 0 Å². The molecule has 1 aliphatic rings. The maximum atomic E-state index is 12.9. The Hall–Kier alpha value is -3.46.